The molecule has 0 spiro atoms. The minimum atomic E-state index is -0.414. The first kappa shape index (κ1) is 15.5. The highest BCUT2D eigenvalue weighted by Gasteiger charge is 2.24. The Morgan fingerprint density at radius 3 is 2.14 bits per heavy atom. The smallest absolute Gasteiger partial charge is 0.164 e. The highest BCUT2D eigenvalue weighted by atomic mass is 16.5. The quantitative estimate of drug-likeness (QED) is 0.872. The van der Waals surface area contributed by atoms with Crippen LogP contribution in [0.4, 0.5) is 0 Å². The van der Waals surface area contributed by atoms with Crippen LogP contribution in [0.5, 0.6) is 17.2 Å². The predicted molar refractivity (Wildman–Crippen MR) is 79.8 cm³/mol. The predicted octanol–water partition coefficient (Wildman–Crippen LogP) is 2.81. The number of rotatable bonds is 6. The molecule has 5 heteroatoms. The summed E-state index contributed by atoms with van der Waals surface area (Å²) in [6, 6.07) is 5.87. The molecule has 5 nitrogen and oxygen atoms in total. The number of methoxy groups -OCH3 is 3. The molecule has 1 N–H and O–H groups in total. The first-order valence-corrected chi connectivity index (χ1v) is 7.19. The molecule has 0 aromatic heterocycles. The Morgan fingerprint density at radius 1 is 1.05 bits per heavy atom. The van der Waals surface area contributed by atoms with Gasteiger partial charge in [0.25, 0.3) is 0 Å². The van der Waals surface area contributed by atoms with Crippen molar-refractivity contribution in [1.29, 1.82) is 5.26 Å². The highest BCUT2D eigenvalue weighted by molar-refractivity contribution is 5.52. The van der Waals surface area contributed by atoms with Crippen LogP contribution < -0.4 is 19.5 Å². The average Bonchev–Trinajstić information content (AvgIpc) is 3.04. The van der Waals surface area contributed by atoms with Gasteiger partial charge in [-0.05, 0) is 18.9 Å². The summed E-state index contributed by atoms with van der Waals surface area (Å²) in [6.07, 6.45) is 4.68. The third kappa shape index (κ3) is 3.40. The Bertz CT molecular complexity index is 519. The summed E-state index contributed by atoms with van der Waals surface area (Å²) in [6.45, 7) is 0. The van der Waals surface area contributed by atoms with E-state index in [9.17, 15) is 5.26 Å². The third-order valence-electron chi connectivity index (χ3n) is 3.93. The van der Waals surface area contributed by atoms with Crippen LogP contribution in [0.25, 0.3) is 0 Å². The third-order valence-corrected chi connectivity index (χ3v) is 3.93. The van der Waals surface area contributed by atoms with Crippen molar-refractivity contribution in [1.82, 2.24) is 5.32 Å². The average molecular weight is 290 g/mol. The second kappa shape index (κ2) is 7.19. The van der Waals surface area contributed by atoms with E-state index >= 15 is 0 Å². The lowest BCUT2D eigenvalue weighted by atomic mass is 10.0. The van der Waals surface area contributed by atoms with Crippen molar-refractivity contribution >= 4 is 0 Å². The van der Waals surface area contributed by atoms with Crippen molar-refractivity contribution in [3.05, 3.63) is 17.7 Å². The van der Waals surface area contributed by atoms with E-state index in [1.54, 1.807) is 27.4 Å². The van der Waals surface area contributed by atoms with Crippen molar-refractivity contribution in [2.75, 3.05) is 21.3 Å². The number of nitrogens with one attached hydrogen (secondary N) is 1. The molecule has 114 valence electrons. The number of hydrogen-bond donors (Lipinski definition) is 1. The van der Waals surface area contributed by atoms with Crippen LogP contribution in [-0.4, -0.2) is 27.4 Å². The van der Waals surface area contributed by atoms with Crippen LogP contribution in [0.1, 0.15) is 37.3 Å². The molecular formula is C16H22N2O3. The zero-order chi connectivity index (χ0) is 15.2. The molecule has 1 fully saturated rings. The molecule has 0 radical (unpaired) electrons. The molecule has 0 heterocycles. The van der Waals surface area contributed by atoms with Crippen LogP contribution in [0.15, 0.2) is 12.1 Å². The minimum absolute atomic E-state index is 0.396. The lowest BCUT2D eigenvalue weighted by Crippen LogP contribution is -2.30. The van der Waals surface area contributed by atoms with Crippen LogP contribution in [0.3, 0.4) is 0 Å². The number of benzene rings is 1. The molecule has 21 heavy (non-hydrogen) atoms. The van der Waals surface area contributed by atoms with Gasteiger partial charge < -0.3 is 14.2 Å². The lowest BCUT2D eigenvalue weighted by molar-refractivity contribution is 0.345. The van der Waals surface area contributed by atoms with Crippen LogP contribution in [0, 0.1) is 11.3 Å². The van der Waals surface area contributed by atoms with Gasteiger partial charge in [0.05, 0.1) is 27.4 Å². The maximum absolute atomic E-state index is 9.51. The molecule has 1 atom stereocenters. The molecule has 1 aromatic carbocycles. The number of nitriles is 1. The van der Waals surface area contributed by atoms with Crippen LogP contribution in [-0.2, 0) is 0 Å². The van der Waals surface area contributed by atoms with Gasteiger partial charge in [-0.1, -0.05) is 12.8 Å². The fraction of sp³-hybridized carbons (Fsp3) is 0.562. The summed E-state index contributed by atoms with van der Waals surface area (Å²) in [4.78, 5) is 0. The normalized spacial score (nSPS) is 16.3. The van der Waals surface area contributed by atoms with E-state index in [0.29, 0.717) is 23.3 Å². The van der Waals surface area contributed by atoms with Crippen molar-refractivity contribution in [2.24, 2.45) is 0 Å². The van der Waals surface area contributed by atoms with Crippen molar-refractivity contribution in [3.63, 3.8) is 0 Å². The van der Waals surface area contributed by atoms with E-state index in [4.69, 9.17) is 14.2 Å². The fourth-order valence-electron chi connectivity index (χ4n) is 2.80. The van der Waals surface area contributed by atoms with Crippen molar-refractivity contribution in [2.45, 2.75) is 37.8 Å². The van der Waals surface area contributed by atoms with Crippen LogP contribution >= 0.6 is 0 Å². The van der Waals surface area contributed by atoms with E-state index in [1.807, 2.05) is 6.07 Å². The molecule has 1 aliphatic carbocycles. The van der Waals surface area contributed by atoms with Gasteiger partial charge in [0, 0.05) is 17.7 Å². The Morgan fingerprint density at radius 2 is 1.62 bits per heavy atom. The summed E-state index contributed by atoms with van der Waals surface area (Å²) in [5.41, 5.74) is 0.782. The minimum Gasteiger partial charge on any atom is -0.496 e. The summed E-state index contributed by atoms with van der Waals surface area (Å²) in [7, 11) is 4.75. The lowest BCUT2D eigenvalue weighted by Gasteiger charge is -2.21. The Balaban J connectivity index is 2.32. The first-order valence-electron chi connectivity index (χ1n) is 7.19. The maximum Gasteiger partial charge on any atom is 0.164 e. The van der Waals surface area contributed by atoms with Crippen LogP contribution in [0.2, 0.25) is 0 Å². The van der Waals surface area contributed by atoms with Gasteiger partial charge in [-0.25, -0.2) is 0 Å². The Hall–Kier alpha value is -1.93. The Kier molecular flexibility index (Phi) is 5.29. The Labute approximate surface area is 125 Å². The monoisotopic (exact) mass is 290 g/mol. The van der Waals surface area contributed by atoms with Gasteiger partial charge in [0.1, 0.15) is 11.8 Å². The molecular weight excluding hydrogens is 268 g/mol. The van der Waals surface area contributed by atoms with E-state index in [1.165, 1.54) is 12.8 Å². The highest BCUT2D eigenvalue weighted by Crippen LogP contribution is 2.37. The van der Waals surface area contributed by atoms with E-state index in [2.05, 4.69) is 11.4 Å². The van der Waals surface area contributed by atoms with Gasteiger partial charge in [0.2, 0.25) is 0 Å². The van der Waals surface area contributed by atoms with Gasteiger partial charge in [0.15, 0.2) is 11.5 Å². The summed E-state index contributed by atoms with van der Waals surface area (Å²) in [5.74, 6) is 1.82. The molecule has 0 amide bonds. The molecule has 1 aromatic rings. The summed E-state index contributed by atoms with van der Waals surface area (Å²) < 4.78 is 16.0. The number of nitrogens with zero attached hydrogens (tertiary/aromatic N) is 1. The molecule has 1 aliphatic rings. The van der Waals surface area contributed by atoms with E-state index in [-0.39, 0.29) is 0 Å². The maximum atomic E-state index is 9.51. The van der Waals surface area contributed by atoms with E-state index in [0.717, 1.165) is 18.4 Å². The summed E-state index contributed by atoms with van der Waals surface area (Å²) >= 11 is 0. The van der Waals surface area contributed by atoms with Crippen molar-refractivity contribution in [3.8, 4) is 23.3 Å². The molecule has 2 rings (SSSR count). The molecule has 0 aliphatic heterocycles. The number of ether oxygens (including phenoxy) is 3. The second-order valence-electron chi connectivity index (χ2n) is 5.16. The second-order valence-corrected chi connectivity index (χ2v) is 5.16. The molecule has 0 bridgehead atoms. The van der Waals surface area contributed by atoms with Gasteiger partial charge in [-0.3, -0.25) is 5.32 Å². The number of hydrogen-bond acceptors (Lipinski definition) is 5. The molecule has 1 saturated carbocycles. The van der Waals surface area contributed by atoms with Gasteiger partial charge >= 0.3 is 0 Å². The SMILES string of the molecule is COc1cc(OC)c(C(C#N)NC2CCCC2)cc1OC. The largest absolute Gasteiger partial charge is 0.496 e. The first-order chi connectivity index (χ1) is 10.2. The zero-order valence-corrected chi connectivity index (χ0v) is 12.8. The van der Waals surface area contributed by atoms with Gasteiger partial charge in [-0.15, -0.1) is 0 Å². The standard InChI is InChI=1S/C16H22N2O3/c1-19-14-9-16(21-3)15(20-2)8-12(14)13(10-17)18-11-6-4-5-7-11/h8-9,11,13,18H,4-7H2,1-3H3. The zero-order valence-electron chi connectivity index (χ0n) is 12.8. The van der Waals surface area contributed by atoms with Crippen molar-refractivity contribution < 1.29 is 14.2 Å². The van der Waals surface area contributed by atoms with Gasteiger partial charge in [-0.2, -0.15) is 5.26 Å². The fourth-order valence-corrected chi connectivity index (χ4v) is 2.80. The molecule has 1 unspecified atom stereocenters. The molecule has 0 saturated heterocycles. The topological polar surface area (TPSA) is 63.5 Å². The summed E-state index contributed by atoms with van der Waals surface area (Å²) in [5, 5.41) is 12.9. The van der Waals surface area contributed by atoms with E-state index < -0.39 is 6.04 Å².